The number of halogens is 3. The summed E-state index contributed by atoms with van der Waals surface area (Å²) in [5.41, 5.74) is -1.04. The van der Waals surface area contributed by atoms with E-state index < -0.39 is 42.3 Å². The van der Waals surface area contributed by atoms with Crippen LogP contribution in [0.1, 0.15) is 53.9 Å². The first kappa shape index (κ1) is 33.1. The lowest BCUT2D eigenvalue weighted by Crippen LogP contribution is -2.53. The number of amides is 4. The summed E-state index contributed by atoms with van der Waals surface area (Å²) in [5.74, 6) is -0.895. The van der Waals surface area contributed by atoms with E-state index >= 15 is 0 Å². The molecule has 3 atom stereocenters. The van der Waals surface area contributed by atoms with Crippen molar-refractivity contribution in [3.63, 3.8) is 0 Å². The Morgan fingerprint density at radius 3 is 2.23 bits per heavy atom. The Hall–Kier alpha value is -3.06. The molecule has 1 aliphatic rings. The quantitative estimate of drug-likeness (QED) is 0.441. The van der Waals surface area contributed by atoms with Gasteiger partial charge >= 0.3 is 18.5 Å². The minimum absolute atomic E-state index is 0.0746. The number of carbonyl (C=O) groups is 3. The van der Waals surface area contributed by atoms with Gasteiger partial charge in [0.25, 0.3) is 0 Å². The molecule has 1 aliphatic carbocycles. The Morgan fingerprint density at radius 1 is 1.07 bits per heavy atom. The van der Waals surface area contributed by atoms with Gasteiger partial charge in [0, 0.05) is 31.2 Å². The average molecular weight is 575 g/mol. The molecule has 0 spiro atoms. The number of benzene rings is 1. The van der Waals surface area contributed by atoms with Crippen molar-refractivity contribution in [3.8, 4) is 5.75 Å². The van der Waals surface area contributed by atoms with Crippen molar-refractivity contribution < 1.29 is 41.8 Å². The molecular formula is C27H41F3N4O6. The lowest BCUT2D eigenvalue weighted by molar-refractivity contribution is -0.274. The van der Waals surface area contributed by atoms with Crippen LogP contribution in [-0.4, -0.2) is 80.3 Å². The summed E-state index contributed by atoms with van der Waals surface area (Å²) >= 11 is 0. The monoisotopic (exact) mass is 574 g/mol. The smallest absolute Gasteiger partial charge is 0.443 e. The van der Waals surface area contributed by atoms with Crippen molar-refractivity contribution in [1.82, 2.24) is 15.5 Å². The summed E-state index contributed by atoms with van der Waals surface area (Å²) in [4.78, 5) is 41.6. The molecular weight excluding hydrogens is 533 g/mol. The maximum atomic E-state index is 13.0. The Bertz CT molecular complexity index is 997. The van der Waals surface area contributed by atoms with E-state index in [0.29, 0.717) is 23.6 Å². The molecule has 1 fully saturated rings. The van der Waals surface area contributed by atoms with Gasteiger partial charge in [-0.05, 0) is 85.2 Å². The van der Waals surface area contributed by atoms with Crippen molar-refractivity contribution in [1.29, 1.82) is 0 Å². The number of imide groups is 1. The third kappa shape index (κ3) is 10.5. The predicted octanol–water partition coefficient (Wildman–Crippen LogP) is 4.68. The van der Waals surface area contributed by atoms with Gasteiger partial charge in [-0.15, -0.1) is 13.2 Å². The predicted molar refractivity (Wildman–Crippen MR) is 143 cm³/mol. The number of anilines is 1. The van der Waals surface area contributed by atoms with Crippen LogP contribution in [0.3, 0.4) is 0 Å². The fourth-order valence-corrected chi connectivity index (χ4v) is 4.52. The molecule has 0 radical (unpaired) electrons. The zero-order chi connectivity index (χ0) is 30.3. The average Bonchev–Trinajstić information content (AvgIpc) is 2.82. The highest BCUT2D eigenvalue weighted by Crippen LogP contribution is 2.29. The summed E-state index contributed by atoms with van der Waals surface area (Å²) in [6.07, 6.45) is -3.48. The largest absolute Gasteiger partial charge is 0.573 e. The van der Waals surface area contributed by atoms with Gasteiger partial charge in [0.1, 0.15) is 11.4 Å². The highest BCUT2D eigenvalue weighted by molar-refractivity contribution is 6.12. The molecule has 1 saturated carbocycles. The van der Waals surface area contributed by atoms with Crippen LogP contribution in [0, 0.1) is 5.92 Å². The van der Waals surface area contributed by atoms with Crippen LogP contribution in [-0.2, 0) is 14.3 Å². The van der Waals surface area contributed by atoms with Crippen LogP contribution < -0.4 is 20.3 Å². The number of nitrogens with zero attached hydrogens (tertiary/aromatic N) is 2. The maximum absolute atomic E-state index is 13.0. The second kappa shape index (κ2) is 14.0. The zero-order valence-corrected chi connectivity index (χ0v) is 24.1. The highest BCUT2D eigenvalue weighted by Gasteiger charge is 2.35. The van der Waals surface area contributed by atoms with E-state index in [1.54, 1.807) is 27.9 Å². The number of nitrogens with one attached hydrogen (secondary N) is 2. The standard InChI is InChI=1S/C27H41F3N4O6/c1-17(2)33(6)20-10-13-22(18(14-20)16-38-7)32-23(35)15-31-24(36)34(25(37)40-26(3,4)5)19-8-11-21(12-9-19)39-27(28,29)30/h8-9,11-12,17-18,20,22H,10,13-16H2,1-7H3,(H,31,36)(H,32,35)/t18-,20+,22-/m0/s1. The summed E-state index contributed by atoms with van der Waals surface area (Å²) in [6, 6.07) is 3.75. The molecule has 1 aromatic carbocycles. The van der Waals surface area contributed by atoms with Gasteiger partial charge < -0.3 is 29.7 Å². The minimum atomic E-state index is -4.90. The van der Waals surface area contributed by atoms with Crippen molar-refractivity contribution in [3.05, 3.63) is 24.3 Å². The second-order valence-electron chi connectivity index (χ2n) is 11.1. The van der Waals surface area contributed by atoms with Crippen molar-refractivity contribution >= 4 is 23.7 Å². The molecule has 4 amide bonds. The number of hydrogen-bond donors (Lipinski definition) is 2. The number of ether oxygens (including phenoxy) is 3. The van der Waals surface area contributed by atoms with Gasteiger partial charge in [-0.2, -0.15) is 4.90 Å². The molecule has 13 heteroatoms. The first-order valence-corrected chi connectivity index (χ1v) is 13.2. The molecule has 1 aromatic rings. The molecule has 0 aliphatic heterocycles. The summed E-state index contributed by atoms with van der Waals surface area (Å²) in [5, 5.41) is 5.37. The Kier molecular flexibility index (Phi) is 11.6. The molecule has 0 unspecified atom stereocenters. The van der Waals surface area contributed by atoms with Gasteiger partial charge in [-0.1, -0.05) is 0 Å². The number of alkyl halides is 3. The maximum Gasteiger partial charge on any atom is 0.573 e. The zero-order valence-electron chi connectivity index (χ0n) is 24.1. The Morgan fingerprint density at radius 2 is 1.70 bits per heavy atom. The van der Waals surface area contributed by atoms with Crippen LogP contribution in [0.15, 0.2) is 24.3 Å². The second-order valence-corrected chi connectivity index (χ2v) is 11.1. The fraction of sp³-hybridized carbons (Fsp3) is 0.667. The Labute approximate surface area is 233 Å². The molecule has 40 heavy (non-hydrogen) atoms. The van der Waals surface area contributed by atoms with Crippen LogP contribution in [0.5, 0.6) is 5.75 Å². The van der Waals surface area contributed by atoms with E-state index in [1.165, 1.54) is 0 Å². The molecule has 2 rings (SSSR count). The lowest BCUT2D eigenvalue weighted by atomic mass is 9.81. The van der Waals surface area contributed by atoms with Crippen molar-refractivity contribution in [2.45, 2.75) is 84.0 Å². The van der Waals surface area contributed by atoms with E-state index in [9.17, 15) is 27.6 Å². The number of urea groups is 1. The van der Waals surface area contributed by atoms with Crippen LogP contribution in [0.4, 0.5) is 28.4 Å². The van der Waals surface area contributed by atoms with E-state index in [4.69, 9.17) is 9.47 Å². The van der Waals surface area contributed by atoms with Crippen LogP contribution >= 0.6 is 0 Å². The van der Waals surface area contributed by atoms with E-state index in [0.717, 1.165) is 43.5 Å². The summed E-state index contributed by atoms with van der Waals surface area (Å²) < 4.78 is 52.1. The molecule has 0 aromatic heterocycles. The SMILES string of the molecule is COC[C@@H]1C[C@H](N(C)C(C)C)CC[C@@H]1NC(=O)CNC(=O)N(C(=O)OC(C)(C)C)c1ccc(OC(F)(F)F)cc1. The van der Waals surface area contributed by atoms with Gasteiger partial charge in [0.05, 0.1) is 18.8 Å². The van der Waals surface area contributed by atoms with Gasteiger partial charge in [-0.25, -0.2) is 9.59 Å². The summed E-state index contributed by atoms with van der Waals surface area (Å²) in [6.45, 7) is 9.09. The van der Waals surface area contributed by atoms with E-state index in [2.05, 4.69) is 41.2 Å². The highest BCUT2D eigenvalue weighted by atomic mass is 19.4. The van der Waals surface area contributed by atoms with Crippen molar-refractivity contribution in [2.24, 2.45) is 5.92 Å². The molecule has 0 saturated heterocycles. The normalized spacial score (nSPS) is 19.8. The number of hydrogen-bond acceptors (Lipinski definition) is 7. The number of carbonyl (C=O) groups excluding carboxylic acids is 3. The van der Waals surface area contributed by atoms with E-state index in [1.807, 2.05) is 0 Å². The summed E-state index contributed by atoms with van der Waals surface area (Å²) in [7, 11) is 3.70. The van der Waals surface area contributed by atoms with Crippen LogP contribution in [0.25, 0.3) is 0 Å². The van der Waals surface area contributed by atoms with E-state index in [-0.39, 0.29) is 17.6 Å². The number of rotatable bonds is 9. The third-order valence-corrected chi connectivity index (χ3v) is 6.58. The van der Waals surface area contributed by atoms with Gasteiger partial charge in [-0.3, -0.25) is 4.79 Å². The van der Waals surface area contributed by atoms with Crippen molar-refractivity contribution in [2.75, 3.05) is 32.2 Å². The number of methoxy groups -OCH3 is 1. The molecule has 2 N–H and O–H groups in total. The molecule has 10 nitrogen and oxygen atoms in total. The third-order valence-electron chi connectivity index (χ3n) is 6.58. The topological polar surface area (TPSA) is 109 Å². The molecule has 0 heterocycles. The van der Waals surface area contributed by atoms with Crippen LogP contribution in [0.2, 0.25) is 0 Å². The minimum Gasteiger partial charge on any atom is -0.443 e. The first-order valence-electron chi connectivity index (χ1n) is 13.2. The molecule has 0 bridgehead atoms. The van der Waals surface area contributed by atoms with Gasteiger partial charge in [0.15, 0.2) is 0 Å². The molecule has 226 valence electrons. The van der Waals surface area contributed by atoms with Gasteiger partial charge in [0.2, 0.25) is 5.91 Å². The Balaban J connectivity index is 2.08. The lowest BCUT2D eigenvalue weighted by Gasteiger charge is -2.41. The fourth-order valence-electron chi connectivity index (χ4n) is 4.52. The first-order chi connectivity index (χ1) is 18.5.